The largest absolute Gasteiger partial charge is 0.261 e. The van der Waals surface area contributed by atoms with Crippen LogP contribution in [-0.2, 0) is 13.0 Å². The highest BCUT2D eigenvalue weighted by Gasteiger charge is 2.17. The quantitative estimate of drug-likeness (QED) is 0.173. The van der Waals surface area contributed by atoms with Crippen LogP contribution in [0.15, 0.2) is 42.7 Å². The number of hydrogen-bond donors (Lipinski definition) is 0. The van der Waals surface area contributed by atoms with Gasteiger partial charge in [0.2, 0.25) is 0 Å². The van der Waals surface area contributed by atoms with Crippen molar-refractivity contribution < 1.29 is 4.57 Å². The number of aryl methyl sites for hydroxylation is 1. The van der Waals surface area contributed by atoms with Gasteiger partial charge in [0.1, 0.15) is 18.1 Å². The number of rotatable bonds is 18. The van der Waals surface area contributed by atoms with Gasteiger partial charge in [-0.1, -0.05) is 109 Å². The van der Waals surface area contributed by atoms with Crippen molar-refractivity contribution in [3.05, 3.63) is 48.5 Å². The van der Waals surface area contributed by atoms with Gasteiger partial charge in [-0.3, -0.25) is 0 Å². The van der Waals surface area contributed by atoms with E-state index in [1.165, 1.54) is 108 Å². The van der Waals surface area contributed by atoms with E-state index in [4.69, 9.17) is 0 Å². The van der Waals surface area contributed by atoms with Crippen LogP contribution in [-0.4, -0.2) is 4.57 Å². The molecule has 30 heavy (non-hydrogen) atoms. The summed E-state index contributed by atoms with van der Waals surface area (Å²) in [6.07, 6.45) is 26.8. The maximum absolute atomic E-state index is 2.48. The van der Waals surface area contributed by atoms with Crippen molar-refractivity contribution in [1.29, 1.82) is 0 Å². The highest BCUT2D eigenvalue weighted by atomic mass is 15.1. The molecular weight excluding hydrogens is 364 g/mol. The number of benzene rings is 1. The van der Waals surface area contributed by atoms with Crippen LogP contribution in [0.25, 0.3) is 5.69 Å². The average molecular weight is 412 g/mol. The van der Waals surface area contributed by atoms with E-state index in [9.17, 15) is 0 Å². The summed E-state index contributed by atoms with van der Waals surface area (Å²) >= 11 is 0. The predicted octanol–water partition coefficient (Wildman–Crippen LogP) is 8.20. The van der Waals surface area contributed by atoms with Gasteiger partial charge in [0.15, 0.2) is 0 Å². The maximum Gasteiger partial charge on any atom is 0.261 e. The second-order valence-electron chi connectivity index (χ2n) is 8.96. The Hall–Kier alpha value is -1.57. The molecule has 0 saturated heterocycles. The van der Waals surface area contributed by atoms with Gasteiger partial charge in [-0.05, 0) is 31.4 Å². The Kier molecular flexibility index (Phi) is 13.3. The van der Waals surface area contributed by atoms with Gasteiger partial charge in [-0.2, -0.15) is 4.57 Å². The van der Waals surface area contributed by atoms with Crippen LogP contribution in [0.2, 0.25) is 0 Å². The Morgan fingerprint density at radius 3 is 1.70 bits per heavy atom. The molecule has 0 unspecified atom stereocenters. The third-order valence-corrected chi connectivity index (χ3v) is 6.27. The Bertz CT molecular complexity index is 644. The molecule has 0 aliphatic heterocycles. The Morgan fingerprint density at radius 1 is 0.633 bits per heavy atom. The fraction of sp³-hybridized carbons (Fsp3) is 0.679. The summed E-state index contributed by atoms with van der Waals surface area (Å²) in [6.45, 7) is 5.73. The first-order valence-corrected chi connectivity index (χ1v) is 13.0. The standard InChI is InChI=1S/C28H47N2/c1-3-5-6-7-8-9-10-11-12-13-14-15-16-20-24-29-25-26-30(28(29)21-4-2)27-22-18-17-19-23-27/h17-19,22-23,25-26H,3-16,20-21,24H2,1-2H3/q+1. The van der Waals surface area contributed by atoms with Gasteiger partial charge in [0, 0.05) is 6.42 Å². The summed E-state index contributed by atoms with van der Waals surface area (Å²) in [6, 6.07) is 10.8. The molecule has 1 aromatic carbocycles. The summed E-state index contributed by atoms with van der Waals surface area (Å²) < 4.78 is 4.85. The lowest BCUT2D eigenvalue weighted by Gasteiger charge is -2.05. The van der Waals surface area contributed by atoms with E-state index in [1.807, 2.05) is 0 Å². The molecule has 0 spiro atoms. The number of imidazole rings is 1. The lowest BCUT2D eigenvalue weighted by atomic mass is 10.0. The fourth-order valence-corrected chi connectivity index (χ4v) is 4.45. The molecule has 0 aliphatic carbocycles. The molecule has 0 saturated carbocycles. The van der Waals surface area contributed by atoms with E-state index in [2.05, 4.69) is 65.7 Å². The number of nitrogens with zero attached hydrogens (tertiary/aromatic N) is 2. The predicted molar refractivity (Wildman–Crippen MR) is 130 cm³/mol. The van der Waals surface area contributed by atoms with E-state index in [0.29, 0.717) is 0 Å². The summed E-state index contributed by atoms with van der Waals surface area (Å²) in [4.78, 5) is 0. The van der Waals surface area contributed by atoms with Crippen LogP contribution < -0.4 is 4.57 Å². The number of aromatic nitrogens is 2. The minimum absolute atomic E-state index is 1.14. The first-order valence-electron chi connectivity index (χ1n) is 13.0. The summed E-state index contributed by atoms with van der Waals surface area (Å²) in [5.41, 5.74) is 1.28. The average Bonchev–Trinajstić information content (AvgIpc) is 3.17. The van der Waals surface area contributed by atoms with E-state index in [0.717, 1.165) is 13.0 Å². The van der Waals surface area contributed by atoms with E-state index < -0.39 is 0 Å². The third-order valence-electron chi connectivity index (χ3n) is 6.27. The molecule has 2 nitrogen and oxygen atoms in total. The van der Waals surface area contributed by atoms with Crippen molar-refractivity contribution in [3.8, 4) is 5.69 Å². The molecule has 0 radical (unpaired) electrons. The number of para-hydroxylation sites is 1. The number of hydrogen-bond acceptors (Lipinski definition) is 0. The van der Waals surface area contributed by atoms with Crippen LogP contribution in [0.5, 0.6) is 0 Å². The van der Waals surface area contributed by atoms with Crippen molar-refractivity contribution in [1.82, 2.24) is 4.57 Å². The molecule has 1 heterocycles. The van der Waals surface area contributed by atoms with Crippen LogP contribution in [0.3, 0.4) is 0 Å². The van der Waals surface area contributed by atoms with Gasteiger partial charge < -0.3 is 0 Å². The van der Waals surface area contributed by atoms with Crippen LogP contribution >= 0.6 is 0 Å². The first-order chi connectivity index (χ1) is 14.9. The van der Waals surface area contributed by atoms with Crippen molar-refractivity contribution in [2.24, 2.45) is 0 Å². The Labute approximate surface area is 186 Å². The van der Waals surface area contributed by atoms with Gasteiger partial charge >= 0.3 is 0 Å². The normalized spacial score (nSPS) is 11.3. The molecule has 2 rings (SSSR count). The van der Waals surface area contributed by atoms with Gasteiger partial charge in [0.25, 0.3) is 5.82 Å². The SMILES string of the molecule is CCCCCCCCCCCCCCCC[n+]1ccn(-c2ccccc2)c1CCC. The van der Waals surface area contributed by atoms with Crippen molar-refractivity contribution in [3.63, 3.8) is 0 Å². The minimum atomic E-state index is 1.14. The van der Waals surface area contributed by atoms with E-state index >= 15 is 0 Å². The smallest absolute Gasteiger partial charge is 0.234 e. The lowest BCUT2D eigenvalue weighted by Crippen LogP contribution is -2.37. The monoisotopic (exact) mass is 411 g/mol. The molecule has 0 aliphatic rings. The highest BCUT2D eigenvalue weighted by Crippen LogP contribution is 2.14. The Balaban J connectivity index is 1.54. The zero-order valence-electron chi connectivity index (χ0n) is 20.0. The zero-order chi connectivity index (χ0) is 21.3. The van der Waals surface area contributed by atoms with Crippen molar-refractivity contribution in [2.75, 3.05) is 0 Å². The molecular formula is C28H47N2+. The number of unbranched alkanes of at least 4 members (excludes halogenated alkanes) is 13. The third kappa shape index (κ3) is 9.49. The minimum Gasteiger partial charge on any atom is -0.234 e. The fourth-order valence-electron chi connectivity index (χ4n) is 4.45. The van der Waals surface area contributed by atoms with Gasteiger partial charge in [-0.15, -0.1) is 0 Å². The second kappa shape index (κ2) is 16.2. The van der Waals surface area contributed by atoms with Crippen LogP contribution in [0.4, 0.5) is 0 Å². The van der Waals surface area contributed by atoms with E-state index in [1.54, 1.807) is 0 Å². The highest BCUT2D eigenvalue weighted by molar-refractivity contribution is 5.31. The molecule has 0 fully saturated rings. The van der Waals surface area contributed by atoms with Gasteiger partial charge in [0.05, 0.1) is 6.54 Å². The van der Waals surface area contributed by atoms with Crippen molar-refractivity contribution in [2.45, 2.75) is 123 Å². The molecule has 0 amide bonds. The molecule has 168 valence electrons. The van der Waals surface area contributed by atoms with Crippen molar-refractivity contribution >= 4 is 0 Å². The molecule has 2 aromatic rings. The zero-order valence-corrected chi connectivity index (χ0v) is 20.0. The topological polar surface area (TPSA) is 8.81 Å². The molecule has 2 heteroatoms. The molecule has 1 aromatic heterocycles. The Morgan fingerprint density at radius 2 is 1.17 bits per heavy atom. The molecule has 0 atom stereocenters. The van der Waals surface area contributed by atoms with Crippen LogP contribution in [0.1, 0.15) is 116 Å². The summed E-state index contributed by atoms with van der Waals surface area (Å²) in [5, 5.41) is 0. The van der Waals surface area contributed by atoms with Gasteiger partial charge in [-0.25, -0.2) is 4.57 Å². The van der Waals surface area contributed by atoms with Crippen LogP contribution in [0, 0.1) is 0 Å². The summed E-state index contributed by atoms with van der Waals surface area (Å²) in [7, 11) is 0. The second-order valence-corrected chi connectivity index (χ2v) is 8.96. The maximum atomic E-state index is 2.48. The molecule has 0 bridgehead atoms. The van der Waals surface area contributed by atoms with E-state index in [-0.39, 0.29) is 0 Å². The lowest BCUT2D eigenvalue weighted by molar-refractivity contribution is -0.704. The first kappa shape index (κ1) is 24.7. The molecule has 0 N–H and O–H groups in total. The summed E-state index contributed by atoms with van der Waals surface area (Å²) in [5.74, 6) is 1.44.